The largest absolute Gasteiger partial charge is 0.488 e. The molecular formula is C22H20N4O6. The number of hydrogen-bond acceptors (Lipinski definition) is 6. The third kappa shape index (κ3) is 4.30. The van der Waals surface area contributed by atoms with Gasteiger partial charge in [-0.3, -0.25) is 24.7 Å². The molecule has 2 heterocycles. The summed E-state index contributed by atoms with van der Waals surface area (Å²) in [6, 6.07) is 14.1. The lowest BCUT2D eigenvalue weighted by Gasteiger charge is -2.20. The first-order valence-electron chi connectivity index (χ1n) is 9.81. The van der Waals surface area contributed by atoms with Gasteiger partial charge in [-0.05, 0) is 36.4 Å². The molecule has 0 radical (unpaired) electrons. The van der Waals surface area contributed by atoms with Gasteiger partial charge in [0.25, 0.3) is 5.91 Å². The minimum Gasteiger partial charge on any atom is -0.488 e. The number of fused-ring (bicyclic) bond motifs is 1. The molecule has 2 aromatic carbocycles. The smallest absolute Gasteiger partial charge is 0.408 e. The van der Waals surface area contributed by atoms with E-state index in [1.807, 2.05) is 12.1 Å². The predicted molar refractivity (Wildman–Crippen MR) is 114 cm³/mol. The Morgan fingerprint density at radius 1 is 1.06 bits per heavy atom. The Bertz CT molecular complexity index is 1160. The van der Waals surface area contributed by atoms with Crippen LogP contribution < -0.4 is 15.5 Å². The number of aromatic nitrogens is 1. The summed E-state index contributed by atoms with van der Waals surface area (Å²) in [6.07, 6.45) is 0.0123. The van der Waals surface area contributed by atoms with Crippen LogP contribution in [-0.4, -0.2) is 56.8 Å². The Balaban J connectivity index is 1.48. The predicted octanol–water partition coefficient (Wildman–Crippen LogP) is 2.49. The number of pyridine rings is 1. The first kappa shape index (κ1) is 21.1. The van der Waals surface area contributed by atoms with Crippen molar-refractivity contribution in [3.8, 4) is 5.75 Å². The molecule has 0 saturated carbocycles. The number of likely N-dealkylation sites (tertiary alicyclic amines) is 1. The Morgan fingerprint density at radius 2 is 1.81 bits per heavy atom. The van der Waals surface area contributed by atoms with Crippen LogP contribution in [0.15, 0.2) is 60.8 Å². The van der Waals surface area contributed by atoms with Crippen molar-refractivity contribution in [3.05, 3.63) is 66.4 Å². The fourth-order valence-corrected chi connectivity index (χ4v) is 3.71. The average molecular weight is 436 g/mol. The van der Waals surface area contributed by atoms with Crippen molar-refractivity contribution in [2.24, 2.45) is 0 Å². The minimum atomic E-state index is -1.22. The molecule has 0 bridgehead atoms. The van der Waals surface area contributed by atoms with E-state index in [1.165, 1.54) is 24.3 Å². The van der Waals surface area contributed by atoms with Crippen LogP contribution in [0.5, 0.6) is 5.75 Å². The molecule has 164 valence electrons. The van der Waals surface area contributed by atoms with E-state index in [2.05, 4.69) is 10.3 Å². The lowest BCUT2D eigenvalue weighted by Crippen LogP contribution is -2.42. The quantitative estimate of drug-likeness (QED) is 0.356. The molecule has 3 amide bonds. The van der Waals surface area contributed by atoms with Crippen LogP contribution in [0, 0.1) is 0 Å². The van der Waals surface area contributed by atoms with Gasteiger partial charge < -0.3 is 15.2 Å². The molecule has 4 rings (SSSR count). The number of para-hydroxylation sites is 1. The zero-order valence-corrected chi connectivity index (χ0v) is 16.8. The normalized spacial score (nSPS) is 17.7. The molecule has 10 nitrogen and oxygen atoms in total. The van der Waals surface area contributed by atoms with E-state index in [0.29, 0.717) is 17.0 Å². The summed E-state index contributed by atoms with van der Waals surface area (Å²) in [6.45, 7) is 0.0140. The highest BCUT2D eigenvalue weighted by Gasteiger charge is 2.41. The Hall–Kier alpha value is -4.18. The van der Waals surface area contributed by atoms with E-state index in [-0.39, 0.29) is 18.5 Å². The van der Waals surface area contributed by atoms with E-state index in [0.717, 1.165) is 10.3 Å². The monoisotopic (exact) mass is 436 g/mol. The van der Waals surface area contributed by atoms with Crippen LogP contribution in [0.2, 0.25) is 0 Å². The van der Waals surface area contributed by atoms with E-state index in [9.17, 15) is 19.5 Å². The molecular weight excluding hydrogens is 416 g/mol. The number of nitrogens with one attached hydrogen (secondary N) is 2. The summed E-state index contributed by atoms with van der Waals surface area (Å²) in [4.78, 5) is 41.5. The number of rotatable bonds is 5. The van der Waals surface area contributed by atoms with Crippen LogP contribution >= 0.6 is 0 Å². The topological polar surface area (TPSA) is 141 Å². The Morgan fingerprint density at radius 3 is 2.53 bits per heavy atom. The highest BCUT2D eigenvalue weighted by molar-refractivity contribution is 6.03. The number of hydroxylamine groups is 1. The number of carbonyl (C=O) groups is 3. The van der Waals surface area contributed by atoms with E-state index in [1.54, 1.807) is 29.9 Å². The summed E-state index contributed by atoms with van der Waals surface area (Å²) in [5.41, 5.74) is 2.89. The highest BCUT2D eigenvalue weighted by atomic mass is 16.5. The van der Waals surface area contributed by atoms with Gasteiger partial charge in [-0.2, -0.15) is 0 Å². The molecule has 1 saturated heterocycles. The van der Waals surface area contributed by atoms with Crippen molar-refractivity contribution >= 4 is 34.5 Å². The summed E-state index contributed by atoms with van der Waals surface area (Å²) < 4.78 is 5.83. The molecule has 2 atom stereocenters. The Labute approximate surface area is 182 Å². The van der Waals surface area contributed by atoms with Crippen molar-refractivity contribution in [2.45, 2.75) is 18.6 Å². The average Bonchev–Trinajstić information content (AvgIpc) is 3.24. The molecule has 10 heteroatoms. The fourth-order valence-electron chi connectivity index (χ4n) is 3.71. The van der Waals surface area contributed by atoms with Gasteiger partial charge in [0.05, 0.1) is 17.7 Å². The number of nitrogens with zero attached hydrogens (tertiary/aromatic N) is 2. The molecule has 1 aliphatic heterocycles. The first-order valence-corrected chi connectivity index (χ1v) is 9.81. The summed E-state index contributed by atoms with van der Waals surface area (Å²) in [7, 11) is 0. The highest BCUT2D eigenvalue weighted by Crippen LogP contribution is 2.26. The number of ether oxygens (including phenoxy) is 1. The number of carbonyl (C=O) groups excluding carboxylic acids is 2. The van der Waals surface area contributed by atoms with Gasteiger partial charge in [0.1, 0.15) is 17.9 Å². The maximum absolute atomic E-state index is 13.0. The van der Waals surface area contributed by atoms with E-state index >= 15 is 0 Å². The number of anilines is 1. The van der Waals surface area contributed by atoms with Crippen molar-refractivity contribution < 1.29 is 29.4 Å². The molecule has 2 unspecified atom stereocenters. The van der Waals surface area contributed by atoms with Gasteiger partial charge in [-0.15, -0.1) is 0 Å². The molecule has 0 aliphatic carbocycles. The zero-order valence-electron chi connectivity index (χ0n) is 16.8. The van der Waals surface area contributed by atoms with Crippen LogP contribution in [0.4, 0.5) is 10.5 Å². The third-order valence-corrected chi connectivity index (χ3v) is 5.22. The molecule has 1 aromatic heterocycles. The van der Waals surface area contributed by atoms with Gasteiger partial charge in [0, 0.05) is 23.6 Å². The van der Waals surface area contributed by atoms with Crippen LogP contribution in [-0.2, 0) is 4.79 Å². The lowest BCUT2D eigenvalue weighted by atomic mass is 10.1. The molecule has 32 heavy (non-hydrogen) atoms. The third-order valence-electron chi connectivity index (χ3n) is 5.22. The van der Waals surface area contributed by atoms with Gasteiger partial charge in [-0.1, -0.05) is 18.2 Å². The molecule has 1 fully saturated rings. The number of hydrogen-bond donors (Lipinski definition) is 4. The maximum Gasteiger partial charge on any atom is 0.408 e. The molecule has 3 aromatic rings. The fraction of sp³-hybridized carbons (Fsp3) is 0.182. The van der Waals surface area contributed by atoms with Crippen molar-refractivity contribution in [1.82, 2.24) is 15.4 Å². The summed E-state index contributed by atoms with van der Waals surface area (Å²) in [5, 5.41) is 21.9. The summed E-state index contributed by atoms with van der Waals surface area (Å²) >= 11 is 0. The zero-order chi connectivity index (χ0) is 22.7. The van der Waals surface area contributed by atoms with Crippen molar-refractivity contribution in [1.29, 1.82) is 0 Å². The second-order valence-corrected chi connectivity index (χ2v) is 7.26. The van der Waals surface area contributed by atoms with E-state index < -0.39 is 30.1 Å². The second-order valence-electron chi connectivity index (χ2n) is 7.26. The molecule has 4 N–H and O–H groups in total. The first-order chi connectivity index (χ1) is 15.5. The van der Waals surface area contributed by atoms with E-state index in [4.69, 9.17) is 9.94 Å². The second kappa shape index (κ2) is 8.90. The number of amides is 3. The van der Waals surface area contributed by atoms with Gasteiger partial charge >= 0.3 is 6.09 Å². The van der Waals surface area contributed by atoms with Crippen LogP contribution in [0.3, 0.4) is 0 Å². The number of carboxylic acid groups (broad SMARTS) is 1. The molecule has 0 spiro atoms. The van der Waals surface area contributed by atoms with Gasteiger partial charge in [-0.25, -0.2) is 10.3 Å². The minimum absolute atomic E-state index is 0.0140. The van der Waals surface area contributed by atoms with Gasteiger partial charge in [0.2, 0.25) is 5.91 Å². The lowest BCUT2D eigenvalue weighted by molar-refractivity contribution is -0.119. The standard InChI is InChI=1S/C22H20N4O6/c27-20(25-31)14-6-8-15(9-7-14)32-16-11-18(26(12-16)22(29)30)21(28)24-17-5-1-3-13-4-2-10-23-19(13)17/h1-10,16,18,31H,11-12H2,(H,24,28)(H,25,27)(H,29,30). The van der Waals surface area contributed by atoms with Crippen LogP contribution in [0.1, 0.15) is 16.8 Å². The van der Waals surface area contributed by atoms with Gasteiger partial charge in [0.15, 0.2) is 0 Å². The summed E-state index contributed by atoms with van der Waals surface area (Å²) in [5.74, 6) is -0.713. The maximum atomic E-state index is 13.0. The van der Waals surface area contributed by atoms with Crippen molar-refractivity contribution in [3.63, 3.8) is 0 Å². The molecule has 1 aliphatic rings. The SMILES string of the molecule is O=C(NO)c1ccc(OC2CC(C(=O)Nc3cccc4cccnc34)N(C(=O)O)C2)cc1. The number of benzene rings is 2. The Kier molecular flexibility index (Phi) is 5.86. The van der Waals surface area contributed by atoms with Crippen molar-refractivity contribution in [2.75, 3.05) is 11.9 Å². The van der Waals surface area contributed by atoms with Crippen LogP contribution in [0.25, 0.3) is 10.9 Å².